The van der Waals surface area contributed by atoms with Crippen molar-refractivity contribution < 1.29 is 4.79 Å². The average molecular weight is 489 g/mol. The van der Waals surface area contributed by atoms with Gasteiger partial charge in [0.2, 0.25) is 0 Å². The second-order valence-corrected chi connectivity index (χ2v) is 9.85. The number of halogens is 1. The van der Waals surface area contributed by atoms with Crippen molar-refractivity contribution in [2.45, 2.75) is 30.7 Å². The Balaban J connectivity index is 1.39. The van der Waals surface area contributed by atoms with Crippen LogP contribution in [-0.2, 0) is 5.75 Å². The summed E-state index contributed by atoms with van der Waals surface area (Å²) in [5, 5.41) is 10.5. The van der Waals surface area contributed by atoms with Gasteiger partial charge in [-0.05, 0) is 55.7 Å². The van der Waals surface area contributed by atoms with Crippen LogP contribution in [0.3, 0.4) is 0 Å². The van der Waals surface area contributed by atoms with Gasteiger partial charge in [-0.2, -0.15) is 0 Å². The van der Waals surface area contributed by atoms with Crippen LogP contribution in [0.2, 0.25) is 5.02 Å². The van der Waals surface area contributed by atoms with Crippen LogP contribution in [-0.4, -0.2) is 38.7 Å². The van der Waals surface area contributed by atoms with E-state index in [2.05, 4.69) is 41.4 Å². The number of benzene rings is 3. The van der Waals surface area contributed by atoms with Crippen LogP contribution >= 0.6 is 23.4 Å². The highest BCUT2D eigenvalue weighted by Crippen LogP contribution is 2.31. The molecule has 4 aromatic rings. The van der Waals surface area contributed by atoms with Crippen LogP contribution in [0.5, 0.6) is 0 Å². The van der Waals surface area contributed by atoms with Gasteiger partial charge in [-0.15, -0.1) is 10.2 Å². The number of aromatic nitrogens is 3. The van der Waals surface area contributed by atoms with Crippen LogP contribution in [0.25, 0.3) is 17.1 Å². The highest BCUT2D eigenvalue weighted by Gasteiger charge is 2.20. The number of aryl methyl sites for hydroxylation is 1. The molecular weight excluding hydrogens is 464 g/mol. The molecule has 0 N–H and O–H groups in total. The molecule has 0 radical (unpaired) electrons. The number of hydrogen-bond donors (Lipinski definition) is 0. The largest absolute Gasteiger partial charge is 0.339 e. The number of amides is 1. The summed E-state index contributed by atoms with van der Waals surface area (Å²) in [5.74, 6) is 1.61. The Labute approximate surface area is 208 Å². The molecule has 2 heterocycles. The number of carbonyl (C=O) groups is 1. The maximum Gasteiger partial charge on any atom is 0.253 e. The number of likely N-dealkylation sites (tertiary alicyclic amines) is 1. The van der Waals surface area contributed by atoms with E-state index in [0.717, 1.165) is 59.3 Å². The lowest BCUT2D eigenvalue weighted by Crippen LogP contribution is -2.27. The smallest absolute Gasteiger partial charge is 0.253 e. The Morgan fingerprint density at radius 1 is 0.971 bits per heavy atom. The van der Waals surface area contributed by atoms with Crippen LogP contribution in [0.4, 0.5) is 0 Å². The van der Waals surface area contributed by atoms with Crippen molar-refractivity contribution in [1.82, 2.24) is 19.7 Å². The number of carbonyl (C=O) groups excluding carboxylic acids is 1. The van der Waals surface area contributed by atoms with E-state index < -0.39 is 0 Å². The molecular formula is C27H25ClN4OS. The highest BCUT2D eigenvalue weighted by molar-refractivity contribution is 7.98. The molecule has 1 aliphatic heterocycles. The molecule has 172 valence electrons. The van der Waals surface area contributed by atoms with Crippen molar-refractivity contribution in [1.29, 1.82) is 0 Å². The van der Waals surface area contributed by atoms with Gasteiger partial charge in [-0.25, -0.2) is 0 Å². The number of nitrogens with zero attached hydrogens (tertiary/aromatic N) is 4. The molecule has 0 bridgehead atoms. The first-order valence-electron chi connectivity index (χ1n) is 11.4. The monoisotopic (exact) mass is 488 g/mol. The van der Waals surface area contributed by atoms with Gasteiger partial charge in [-0.3, -0.25) is 9.36 Å². The van der Waals surface area contributed by atoms with Crippen LogP contribution < -0.4 is 0 Å². The molecule has 34 heavy (non-hydrogen) atoms. The van der Waals surface area contributed by atoms with E-state index in [1.165, 1.54) is 5.56 Å². The second kappa shape index (κ2) is 10.0. The Morgan fingerprint density at radius 3 is 2.41 bits per heavy atom. The predicted molar refractivity (Wildman–Crippen MR) is 138 cm³/mol. The second-order valence-electron chi connectivity index (χ2n) is 8.47. The van der Waals surface area contributed by atoms with E-state index in [1.54, 1.807) is 11.8 Å². The van der Waals surface area contributed by atoms with E-state index in [-0.39, 0.29) is 5.91 Å². The molecule has 0 aliphatic carbocycles. The van der Waals surface area contributed by atoms with Crippen molar-refractivity contribution in [3.63, 3.8) is 0 Å². The van der Waals surface area contributed by atoms with Gasteiger partial charge in [-0.1, -0.05) is 71.4 Å². The summed E-state index contributed by atoms with van der Waals surface area (Å²) in [7, 11) is 0. The Morgan fingerprint density at radius 2 is 1.71 bits per heavy atom. The summed E-state index contributed by atoms with van der Waals surface area (Å²) < 4.78 is 2.05. The quantitative estimate of drug-likeness (QED) is 0.294. The molecule has 1 aromatic heterocycles. The molecule has 1 amide bonds. The normalized spacial score (nSPS) is 13.4. The molecule has 1 fully saturated rings. The Kier molecular flexibility index (Phi) is 6.70. The number of hydrogen-bond acceptors (Lipinski definition) is 4. The third-order valence-corrected chi connectivity index (χ3v) is 7.21. The molecule has 1 aliphatic rings. The van der Waals surface area contributed by atoms with Gasteiger partial charge in [0.25, 0.3) is 5.91 Å². The SMILES string of the molecule is Cc1ccc(-c2nnc(SCc3ccc(C(=O)N4CCCC4)cc3)n2-c2cccc(Cl)c2)cc1. The lowest BCUT2D eigenvalue weighted by molar-refractivity contribution is 0.0793. The van der Waals surface area contributed by atoms with E-state index in [0.29, 0.717) is 10.8 Å². The highest BCUT2D eigenvalue weighted by atomic mass is 35.5. The van der Waals surface area contributed by atoms with Crippen molar-refractivity contribution in [2.24, 2.45) is 0 Å². The third kappa shape index (κ3) is 4.88. The minimum absolute atomic E-state index is 0.125. The number of thioether (sulfide) groups is 1. The van der Waals surface area contributed by atoms with E-state index in [1.807, 2.05) is 58.0 Å². The Hall–Kier alpha value is -3.09. The first-order valence-corrected chi connectivity index (χ1v) is 12.7. The van der Waals surface area contributed by atoms with Crippen molar-refractivity contribution in [2.75, 3.05) is 13.1 Å². The van der Waals surface area contributed by atoms with Gasteiger partial charge in [0, 0.05) is 35.0 Å². The fraction of sp³-hybridized carbons (Fsp3) is 0.222. The molecule has 0 spiro atoms. The van der Waals surface area contributed by atoms with Gasteiger partial charge in [0.05, 0.1) is 5.69 Å². The van der Waals surface area contributed by atoms with Crippen LogP contribution in [0, 0.1) is 6.92 Å². The molecule has 5 rings (SSSR count). The summed E-state index contributed by atoms with van der Waals surface area (Å²) in [4.78, 5) is 14.5. The van der Waals surface area contributed by atoms with Gasteiger partial charge in [0.1, 0.15) is 0 Å². The summed E-state index contributed by atoms with van der Waals surface area (Å²) >= 11 is 7.91. The van der Waals surface area contributed by atoms with E-state index in [9.17, 15) is 4.79 Å². The minimum Gasteiger partial charge on any atom is -0.339 e. The van der Waals surface area contributed by atoms with Crippen molar-refractivity contribution >= 4 is 29.3 Å². The van der Waals surface area contributed by atoms with E-state index in [4.69, 9.17) is 11.6 Å². The molecule has 5 nitrogen and oxygen atoms in total. The zero-order valence-corrected chi connectivity index (χ0v) is 20.5. The van der Waals surface area contributed by atoms with Gasteiger partial charge in [0.15, 0.2) is 11.0 Å². The predicted octanol–water partition coefficient (Wildman–Crippen LogP) is 6.42. The molecule has 3 aromatic carbocycles. The summed E-state index contributed by atoms with van der Waals surface area (Å²) in [6.07, 6.45) is 2.19. The first-order chi connectivity index (χ1) is 16.6. The standard InChI is InChI=1S/C27H25ClN4OS/c1-19-7-11-21(12-8-19)25-29-30-27(32(25)24-6-4-5-23(28)17-24)34-18-20-9-13-22(14-10-20)26(33)31-15-2-3-16-31/h4-14,17H,2-3,15-16,18H2,1H3. The fourth-order valence-electron chi connectivity index (χ4n) is 4.10. The summed E-state index contributed by atoms with van der Waals surface area (Å²) in [5.41, 5.74) is 4.98. The average Bonchev–Trinajstić information content (AvgIpc) is 3.54. The number of rotatable bonds is 6. The maximum absolute atomic E-state index is 12.6. The summed E-state index contributed by atoms with van der Waals surface area (Å²) in [6, 6.07) is 23.9. The maximum atomic E-state index is 12.6. The van der Waals surface area contributed by atoms with Crippen LogP contribution in [0.1, 0.15) is 34.3 Å². The van der Waals surface area contributed by atoms with Crippen molar-refractivity contribution in [3.05, 3.63) is 94.5 Å². The first kappa shape index (κ1) is 22.7. The third-order valence-electron chi connectivity index (χ3n) is 5.97. The molecule has 7 heteroatoms. The zero-order chi connectivity index (χ0) is 23.5. The van der Waals surface area contributed by atoms with Gasteiger partial charge >= 0.3 is 0 Å². The molecule has 0 saturated carbocycles. The summed E-state index contributed by atoms with van der Waals surface area (Å²) in [6.45, 7) is 3.79. The lowest BCUT2D eigenvalue weighted by Gasteiger charge is -2.15. The lowest BCUT2D eigenvalue weighted by atomic mass is 10.1. The molecule has 0 atom stereocenters. The molecule has 1 saturated heterocycles. The van der Waals surface area contributed by atoms with E-state index >= 15 is 0 Å². The molecule has 0 unspecified atom stereocenters. The Bertz CT molecular complexity index is 1300. The van der Waals surface area contributed by atoms with Crippen LogP contribution in [0.15, 0.2) is 78.0 Å². The van der Waals surface area contributed by atoms with Gasteiger partial charge < -0.3 is 4.90 Å². The topological polar surface area (TPSA) is 51.0 Å². The zero-order valence-electron chi connectivity index (χ0n) is 18.9. The minimum atomic E-state index is 0.125. The van der Waals surface area contributed by atoms with Crippen molar-refractivity contribution in [3.8, 4) is 17.1 Å². The fourth-order valence-corrected chi connectivity index (χ4v) is 5.19.